The Hall–Kier alpha value is -2.36. The Balaban J connectivity index is 1.52. The summed E-state index contributed by atoms with van der Waals surface area (Å²) in [5, 5.41) is 3.39. The van der Waals surface area contributed by atoms with Crippen molar-refractivity contribution < 1.29 is 0 Å². The highest BCUT2D eigenvalue weighted by molar-refractivity contribution is 5.73. The van der Waals surface area contributed by atoms with E-state index in [1.807, 2.05) is 30.5 Å². The maximum Gasteiger partial charge on any atom is 0.107 e. The first kappa shape index (κ1) is 11.7. The molecule has 2 aromatic heterocycles. The fourth-order valence-corrected chi connectivity index (χ4v) is 2.07. The van der Waals surface area contributed by atoms with Gasteiger partial charge in [0, 0.05) is 24.8 Å². The number of pyridine rings is 1. The summed E-state index contributed by atoms with van der Waals surface area (Å²) in [6, 6.07) is 12.2. The van der Waals surface area contributed by atoms with Crippen LogP contribution in [0.4, 0.5) is 5.69 Å². The van der Waals surface area contributed by atoms with E-state index in [2.05, 4.69) is 32.4 Å². The van der Waals surface area contributed by atoms with Gasteiger partial charge in [-0.25, -0.2) is 4.98 Å². The zero-order valence-electron chi connectivity index (χ0n) is 10.6. The molecule has 96 valence electrons. The predicted molar refractivity (Wildman–Crippen MR) is 77.1 cm³/mol. The van der Waals surface area contributed by atoms with Crippen LogP contribution in [-0.4, -0.2) is 21.5 Å². The Morgan fingerprint density at radius 2 is 2.00 bits per heavy atom. The number of nitrogens with one attached hydrogen (secondary N) is 2. The highest BCUT2D eigenvalue weighted by Crippen LogP contribution is 2.10. The maximum atomic E-state index is 4.53. The molecule has 0 saturated heterocycles. The molecule has 0 bridgehead atoms. The van der Waals surface area contributed by atoms with Gasteiger partial charge in [0.15, 0.2) is 0 Å². The number of hydrogen-bond donors (Lipinski definition) is 2. The van der Waals surface area contributed by atoms with Gasteiger partial charge < -0.3 is 10.3 Å². The first-order valence-corrected chi connectivity index (χ1v) is 6.49. The standard InChI is InChI=1S/C15H16N4/c1-2-5-12(6-3-1)17-9-4-7-15-18-13-8-10-16-11-14(13)19-15/h1-3,5-6,8,10-11,17H,4,7,9H2,(H,18,19). The van der Waals surface area contributed by atoms with E-state index in [4.69, 9.17) is 0 Å². The molecule has 0 aliphatic heterocycles. The van der Waals surface area contributed by atoms with Crippen molar-refractivity contribution in [3.63, 3.8) is 0 Å². The number of nitrogens with zero attached hydrogens (tertiary/aromatic N) is 2. The van der Waals surface area contributed by atoms with Crippen LogP contribution in [0.15, 0.2) is 48.8 Å². The Morgan fingerprint density at radius 3 is 2.84 bits per heavy atom. The molecule has 0 atom stereocenters. The Bertz CT molecular complexity index is 612. The van der Waals surface area contributed by atoms with Crippen LogP contribution in [0.1, 0.15) is 12.2 Å². The number of aromatic amines is 1. The molecule has 0 radical (unpaired) electrons. The summed E-state index contributed by atoms with van der Waals surface area (Å²) in [5.74, 6) is 1.03. The summed E-state index contributed by atoms with van der Waals surface area (Å²) in [6.07, 6.45) is 5.56. The first-order valence-electron chi connectivity index (χ1n) is 6.49. The molecule has 19 heavy (non-hydrogen) atoms. The molecule has 0 spiro atoms. The third kappa shape index (κ3) is 2.91. The van der Waals surface area contributed by atoms with Gasteiger partial charge in [-0.2, -0.15) is 0 Å². The highest BCUT2D eigenvalue weighted by atomic mass is 14.9. The molecule has 4 heteroatoms. The van der Waals surface area contributed by atoms with Gasteiger partial charge >= 0.3 is 0 Å². The molecule has 3 rings (SSSR count). The van der Waals surface area contributed by atoms with E-state index in [0.717, 1.165) is 41.9 Å². The average Bonchev–Trinajstić information content (AvgIpc) is 2.87. The van der Waals surface area contributed by atoms with Crippen LogP contribution in [0.2, 0.25) is 0 Å². The Labute approximate surface area is 111 Å². The van der Waals surface area contributed by atoms with Crippen molar-refractivity contribution in [2.45, 2.75) is 12.8 Å². The topological polar surface area (TPSA) is 53.6 Å². The second-order valence-electron chi connectivity index (χ2n) is 4.47. The van der Waals surface area contributed by atoms with Crippen molar-refractivity contribution in [3.8, 4) is 0 Å². The van der Waals surface area contributed by atoms with Gasteiger partial charge in [-0.15, -0.1) is 0 Å². The van der Waals surface area contributed by atoms with Gasteiger partial charge in [0.1, 0.15) is 5.82 Å². The number of benzene rings is 1. The van der Waals surface area contributed by atoms with E-state index in [-0.39, 0.29) is 0 Å². The summed E-state index contributed by atoms with van der Waals surface area (Å²) in [5.41, 5.74) is 3.16. The lowest BCUT2D eigenvalue weighted by molar-refractivity contribution is 0.820. The van der Waals surface area contributed by atoms with Crippen LogP contribution in [0.5, 0.6) is 0 Å². The Morgan fingerprint density at radius 1 is 1.11 bits per heavy atom. The largest absolute Gasteiger partial charge is 0.385 e. The molecule has 2 heterocycles. The predicted octanol–water partition coefficient (Wildman–Crippen LogP) is 3.00. The third-order valence-electron chi connectivity index (χ3n) is 3.03. The number of fused-ring (bicyclic) bond motifs is 1. The number of aryl methyl sites for hydroxylation is 1. The highest BCUT2D eigenvalue weighted by Gasteiger charge is 2.01. The number of aromatic nitrogens is 3. The summed E-state index contributed by atoms with van der Waals surface area (Å²) >= 11 is 0. The molecule has 0 fully saturated rings. The van der Waals surface area contributed by atoms with Crippen molar-refractivity contribution in [3.05, 3.63) is 54.6 Å². The molecular formula is C15H16N4. The van der Waals surface area contributed by atoms with Crippen molar-refractivity contribution in [1.29, 1.82) is 0 Å². The number of hydrogen-bond acceptors (Lipinski definition) is 3. The van der Waals surface area contributed by atoms with Gasteiger partial charge in [-0.3, -0.25) is 4.98 Å². The number of H-pyrrole nitrogens is 1. The van der Waals surface area contributed by atoms with Gasteiger partial charge in [-0.1, -0.05) is 18.2 Å². The third-order valence-corrected chi connectivity index (χ3v) is 3.03. The SMILES string of the molecule is c1ccc(NCCCc2nc3ccncc3[nH]2)cc1. The minimum Gasteiger partial charge on any atom is -0.385 e. The van der Waals surface area contributed by atoms with Crippen LogP contribution < -0.4 is 5.32 Å². The second-order valence-corrected chi connectivity index (χ2v) is 4.47. The Kier molecular flexibility index (Phi) is 3.40. The lowest BCUT2D eigenvalue weighted by atomic mass is 10.2. The van der Waals surface area contributed by atoms with Crippen molar-refractivity contribution in [2.75, 3.05) is 11.9 Å². The second kappa shape index (κ2) is 5.52. The maximum absolute atomic E-state index is 4.53. The van der Waals surface area contributed by atoms with E-state index in [1.165, 1.54) is 0 Å². The van der Waals surface area contributed by atoms with Crippen LogP contribution in [0, 0.1) is 0 Å². The molecule has 2 N–H and O–H groups in total. The molecular weight excluding hydrogens is 236 g/mol. The minimum absolute atomic E-state index is 0.939. The van der Waals surface area contributed by atoms with E-state index in [1.54, 1.807) is 6.20 Å². The molecule has 0 aliphatic rings. The number of imidazole rings is 1. The fourth-order valence-electron chi connectivity index (χ4n) is 2.07. The summed E-state index contributed by atoms with van der Waals surface area (Å²) in [4.78, 5) is 11.9. The zero-order chi connectivity index (χ0) is 12.9. The smallest absolute Gasteiger partial charge is 0.107 e. The van der Waals surface area contributed by atoms with Crippen LogP contribution in [0.25, 0.3) is 11.0 Å². The minimum atomic E-state index is 0.939. The normalized spacial score (nSPS) is 10.7. The molecule has 1 aromatic carbocycles. The van der Waals surface area contributed by atoms with Crippen LogP contribution >= 0.6 is 0 Å². The lowest BCUT2D eigenvalue weighted by Gasteiger charge is -2.04. The molecule has 3 aromatic rings. The average molecular weight is 252 g/mol. The van der Waals surface area contributed by atoms with Crippen LogP contribution in [0.3, 0.4) is 0 Å². The van der Waals surface area contributed by atoms with E-state index >= 15 is 0 Å². The first-order chi connectivity index (χ1) is 9.42. The number of para-hydroxylation sites is 1. The van der Waals surface area contributed by atoms with Gasteiger partial charge in [0.05, 0.1) is 17.2 Å². The van der Waals surface area contributed by atoms with Crippen molar-refractivity contribution in [2.24, 2.45) is 0 Å². The lowest BCUT2D eigenvalue weighted by Crippen LogP contribution is -2.03. The molecule has 0 amide bonds. The molecule has 0 saturated carbocycles. The van der Waals surface area contributed by atoms with E-state index in [9.17, 15) is 0 Å². The molecule has 4 nitrogen and oxygen atoms in total. The summed E-state index contributed by atoms with van der Waals surface area (Å²) < 4.78 is 0. The zero-order valence-corrected chi connectivity index (χ0v) is 10.6. The van der Waals surface area contributed by atoms with Gasteiger partial charge in [-0.05, 0) is 24.6 Å². The van der Waals surface area contributed by atoms with Gasteiger partial charge in [0.25, 0.3) is 0 Å². The number of rotatable bonds is 5. The van der Waals surface area contributed by atoms with Crippen LogP contribution in [-0.2, 0) is 6.42 Å². The summed E-state index contributed by atoms with van der Waals surface area (Å²) in [7, 11) is 0. The van der Waals surface area contributed by atoms with Crippen molar-refractivity contribution >= 4 is 16.7 Å². The van der Waals surface area contributed by atoms with E-state index in [0.29, 0.717) is 0 Å². The quantitative estimate of drug-likeness (QED) is 0.686. The van der Waals surface area contributed by atoms with E-state index < -0.39 is 0 Å². The molecule has 0 unspecified atom stereocenters. The molecule has 0 aliphatic carbocycles. The number of anilines is 1. The van der Waals surface area contributed by atoms with Crippen molar-refractivity contribution in [1.82, 2.24) is 15.0 Å². The summed E-state index contributed by atoms with van der Waals surface area (Å²) in [6.45, 7) is 0.944. The fraction of sp³-hybridized carbons (Fsp3) is 0.200. The monoisotopic (exact) mass is 252 g/mol. The van der Waals surface area contributed by atoms with Gasteiger partial charge in [0.2, 0.25) is 0 Å².